The Labute approximate surface area is 332 Å². The van der Waals surface area contributed by atoms with Crippen LogP contribution >= 0.6 is 11.3 Å². The Morgan fingerprint density at radius 2 is 1.66 bits per heavy atom. The van der Waals surface area contributed by atoms with E-state index in [1.807, 2.05) is 62.4 Å². The van der Waals surface area contributed by atoms with E-state index in [-0.39, 0.29) is 43.0 Å². The number of carbonyl (C=O) groups excluding carboxylic acids is 5. The Bertz CT molecular complexity index is 1870. The molecule has 15 nitrogen and oxygen atoms in total. The van der Waals surface area contributed by atoms with Crippen molar-refractivity contribution in [1.82, 2.24) is 35.7 Å². The molecule has 5 rings (SSSR count). The number of nitrogens with zero attached hydrogens (tertiary/aromatic N) is 5. The van der Waals surface area contributed by atoms with Crippen molar-refractivity contribution in [1.29, 1.82) is 0 Å². The smallest absolute Gasteiger partial charge is 0.410 e. The quantitative estimate of drug-likeness (QED) is 0.213. The van der Waals surface area contributed by atoms with Gasteiger partial charge in [0.25, 0.3) is 5.91 Å². The van der Waals surface area contributed by atoms with E-state index in [0.717, 1.165) is 21.7 Å². The van der Waals surface area contributed by atoms with Crippen molar-refractivity contribution in [2.24, 2.45) is 5.41 Å². The number of anilines is 1. The highest BCUT2D eigenvalue weighted by atomic mass is 32.1. The van der Waals surface area contributed by atoms with E-state index in [4.69, 9.17) is 4.74 Å². The molecule has 0 unspecified atom stereocenters. The van der Waals surface area contributed by atoms with Crippen LogP contribution in [0.3, 0.4) is 0 Å². The molecular formula is C40H54N8O7S. The van der Waals surface area contributed by atoms with Crippen LogP contribution in [-0.4, -0.2) is 124 Å². The summed E-state index contributed by atoms with van der Waals surface area (Å²) in [6.45, 7) is 14.6. The molecule has 1 aromatic carbocycles. The molecule has 0 aliphatic carbocycles. The highest BCUT2D eigenvalue weighted by Gasteiger charge is 2.46. The zero-order chi connectivity index (χ0) is 40.8. The van der Waals surface area contributed by atoms with Gasteiger partial charge in [-0.2, -0.15) is 0 Å². The number of ether oxygens (including phenoxy) is 1. The number of aliphatic hydroxyl groups excluding tert-OH is 1. The fourth-order valence-corrected chi connectivity index (χ4v) is 7.39. The molecule has 5 amide bonds. The first-order chi connectivity index (χ1) is 26.4. The number of hydrogen-bond donors (Lipinski definition) is 4. The summed E-state index contributed by atoms with van der Waals surface area (Å²) in [4.78, 5) is 80.3. The number of nitrogens with one attached hydrogen (secondary N) is 3. The number of carbonyl (C=O) groups is 5. The molecule has 0 spiro atoms. The number of β-amino-alcohol motifs (C(OH)–C–C–N with tert-alkyl or cyclic N) is 1. The highest BCUT2D eigenvalue weighted by molar-refractivity contribution is 7.13. The van der Waals surface area contributed by atoms with Gasteiger partial charge in [-0.1, -0.05) is 24.3 Å². The lowest BCUT2D eigenvalue weighted by molar-refractivity contribution is -0.147. The minimum Gasteiger partial charge on any atom is -0.444 e. The van der Waals surface area contributed by atoms with Crippen LogP contribution in [0.25, 0.3) is 10.4 Å². The third-order valence-electron chi connectivity index (χ3n) is 10.2. The Balaban J connectivity index is 1.06. The molecule has 16 heteroatoms. The Kier molecular flexibility index (Phi) is 13.4. The maximum Gasteiger partial charge on any atom is 0.410 e. The molecular weight excluding hydrogens is 737 g/mol. The van der Waals surface area contributed by atoms with Crippen LogP contribution in [0.5, 0.6) is 0 Å². The zero-order valence-electron chi connectivity index (χ0n) is 33.3. The van der Waals surface area contributed by atoms with Gasteiger partial charge >= 0.3 is 6.09 Å². The molecule has 2 aromatic heterocycles. The average molecular weight is 791 g/mol. The van der Waals surface area contributed by atoms with Crippen LogP contribution in [0.4, 0.5) is 10.6 Å². The number of likely N-dealkylation sites (tertiary alicyclic amines) is 1. The first kappa shape index (κ1) is 42.1. The Morgan fingerprint density at radius 1 is 0.964 bits per heavy atom. The molecule has 2 fully saturated rings. The van der Waals surface area contributed by atoms with Crippen molar-refractivity contribution in [3.63, 3.8) is 0 Å². The van der Waals surface area contributed by atoms with Crippen LogP contribution in [0.1, 0.15) is 69.6 Å². The lowest BCUT2D eigenvalue weighted by atomic mass is 9.83. The van der Waals surface area contributed by atoms with Gasteiger partial charge in [-0.25, -0.2) is 14.8 Å². The predicted octanol–water partition coefficient (Wildman–Crippen LogP) is 3.15. The first-order valence-electron chi connectivity index (χ1n) is 19.0. The third-order valence-corrected chi connectivity index (χ3v) is 11.2. The van der Waals surface area contributed by atoms with Gasteiger partial charge < -0.3 is 40.5 Å². The van der Waals surface area contributed by atoms with Crippen LogP contribution in [0.15, 0.2) is 48.1 Å². The van der Waals surface area contributed by atoms with Crippen molar-refractivity contribution in [3.8, 4) is 10.4 Å². The average Bonchev–Trinajstić information content (AvgIpc) is 3.78. The summed E-state index contributed by atoms with van der Waals surface area (Å²) in [5.74, 6) is -1.04. The summed E-state index contributed by atoms with van der Waals surface area (Å²) in [5.41, 5.74) is 3.52. The molecule has 0 bridgehead atoms. The van der Waals surface area contributed by atoms with E-state index in [1.54, 1.807) is 49.1 Å². The van der Waals surface area contributed by atoms with Crippen molar-refractivity contribution < 1.29 is 33.8 Å². The second-order valence-electron chi connectivity index (χ2n) is 15.9. The Morgan fingerprint density at radius 3 is 2.27 bits per heavy atom. The lowest BCUT2D eigenvalue weighted by Crippen LogP contribution is -2.56. The first-order valence-corrected chi connectivity index (χ1v) is 19.8. The van der Waals surface area contributed by atoms with Gasteiger partial charge in [0.15, 0.2) is 0 Å². The molecule has 0 radical (unpaired) electrons. The molecule has 302 valence electrons. The van der Waals surface area contributed by atoms with Crippen molar-refractivity contribution in [3.05, 3.63) is 64.9 Å². The molecule has 0 saturated carbocycles. The standard InChI is InChI=1S/C40H54N8O7S/c1-25-34(56-24-44-25)28-10-8-27(9-11-28)14-15-41-36(52)31-20-30(49)23-48(31)37(53)40(6,7)26(2)45-33(50)22-43-35(51)29-12-13-32(42-21-29)46-16-18-47(19-17-46)38(54)55-39(3,4)5/h8-13,21,24,26,30-31,49H,14-20,22-23H2,1-7H3,(H,41,52)(H,43,51)(H,45,50)/t26-,30+,31-/m0/s1. The van der Waals surface area contributed by atoms with Gasteiger partial charge in [0, 0.05) is 57.9 Å². The molecule has 2 aliphatic rings. The molecule has 2 aliphatic heterocycles. The normalized spacial score (nSPS) is 18.0. The summed E-state index contributed by atoms with van der Waals surface area (Å²) in [5, 5.41) is 18.8. The van der Waals surface area contributed by atoms with Crippen LogP contribution in [-0.2, 0) is 25.5 Å². The molecule has 3 aromatic rings. The predicted molar refractivity (Wildman–Crippen MR) is 213 cm³/mol. The number of aromatic nitrogens is 2. The number of aryl methyl sites for hydroxylation is 1. The van der Waals surface area contributed by atoms with Crippen molar-refractivity contribution >= 4 is 46.9 Å². The second kappa shape index (κ2) is 17.8. The number of benzene rings is 1. The van der Waals surface area contributed by atoms with Gasteiger partial charge in [0.05, 0.1) is 39.7 Å². The summed E-state index contributed by atoms with van der Waals surface area (Å²) in [6, 6.07) is 9.95. The van der Waals surface area contributed by atoms with Crippen LogP contribution in [0, 0.1) is 12.3 Å². The Hall–Kier alpha value is -5.09. The van der Waals surface area contributed by atoms with Gasteiger partial charge in [0.1, 0.15) is 17.5 Å². The molecule has 4 N–H and O–H groups in total. The maximum absolute atomic E-state index is 13.9. The largest absolute Gasteiger partial charge is 0.444 e. The summed E-state index contributed by atoms with van der Waals surface area (Å²) < 4.78 is 5.46. The molecule has 2 saturated heterocycles. The number of piperazine rings is 1. The van der Waals surface area contributed by atoms with Gasteiger partial charge in [-0.05, 0) is 78.1 Å². The summed E-state index contributed by atoms with van der Waals surface area (Å²) in [6.07, 6.45) is 0.946. The van der Waals surface area contributed by atoms with E-state index < -0.39 is 41.0 Å². The third kappa shape index (κ3) is 10.6. The second-order valence-corrected chi connectivity index (χ2v) is 16.8. The number of pyridine rings is 1. The number of hydrogen-bond acceptors (Lipinski definition) is 11. The highest BCUT2D eigenvalue weighted by Crippen LogP contribution is 2.30. The van der Waals surface area contributed by atoms with Crippen LogP contribution < -0.4 is 20.9 Å². The number of aliphatic hydroxyl groups is 1. The summed E-state index contributed by atoms with van der Waals surface area (Å²) >= 11 is 1.59. The molecule has 4 heterocycles. The fourth-order valence-electron chi connectivity index (χ4n) is 6.58. The van der Waals surface area contributed by atoms with Gasteiger partial charge in [-0.15, -0.1) is 11.3 Å². The van der Waals surface area contributed by atoms with Gasteiger partial charge in [0.2, 0.25) is 17.7 Å². The zero-order valence-corrected chi connectivity index (χ0v) is 34.1. The van der Waals surface area contributed by atoms with Crippen LogP contribution in [0.2, 0.25) is 0 Å². The monoisotopic (exact) mass is 790 g/mol. The fraction of sp³-hybridized carbons (Fsp3) is 0.525. The van der Waals surface area contributed by atoms with E-state index >= 15 is 0 Å². The van der Waals surface area contributed by atoms with E-state index in [2.05, 4.69) is 25.9 Å². The van der Waals surface area contributed by atoms with Crippen molar-refractivity contribution in [2.45, 2.75) is 85.1 Å². The number of thiazole rings is 1. The van der Waals surface area contributed by atoms with Gasteiger partial charge in [-0.3, -0.25) is 19.2 Å². The van der Waals surface area contributed by atoms with E-state index in [0.29, 0.717) is 45.0 Å². The molecule has 3 atom stereocenters. The maximum atomic E-state index is 13.9. The minimum absolute atomic E-state index is 0.00460. The minimum atomic E-state index is -1.14. The lowest BCUT2D eigenvalue weighted by Gasteiger charge is -2.36. The van der Waals surface area contributed by atoms with E-state index in [1.165, 1.54) is 11.1 Å². The number of rotatable bonds is 12. The van der Waals surface area contributed by atoms with Crippen molar-refractivity contribution in [2.75, 3.05) is 50.7 Å². The summed E-state index contributed by atoms with van der Waals surface area (Å²) in [7, 11) is 0. The topological polar surface area (TPSA) is 186 Å². The molecule has 56 heavy (non-hydrogen) atoms. The van der Waals surface area contributed by atoms with E-state index in [9.17, 15) is 29.1 Å². The number of amides is 5. The SMILES string of the molecule is Cc1ncsc1-c1ccc(CCNC(=O)[C@@H]2C[C@@H](O)CN2C(=O)C(C)(C)[C@H](C)NC(=O)CNC(=O)c2ccc(N3CCN(C(=O)OC(C)(C)C)CC3)nc2)cc1.